The molecule has 4 aromatic rings. The summed E-state index contributed by atoms with van der Waals surface area (Å²) in [6.45, 7) is 3.74. The van der Waals surface area contributed by atoms with Gasteiger partial charge in [-0.15, -0.1) is 11.3 Å². The number of nitrogens with one attached hydrogen (secondary N) is 1. The Labute approximate surface area is 156 Å². The summed E-state index contributed by atoms with van der Waals surface area (Å²) in [6, 6.07) is 12.6. The van der Waals surface area contributed by atoms with Crippen LogP contribution in [0.2, 0.25) is 0 Å². The molecule has 2 aromatic heterocycles. The first-order chi connectivity index (χ1) is 12.4. The number of thiazole rings is 1. The fourth-order valence-corrected chi connectivity index (χ4v) is 4.96. The lowest BCUT2D eigenvalue weighted by molar-refractivity contribution is 0.600. The van der Waals surface area contributed by atoms with E-state index >= 15 is 0 Å². The van der Waals surface area contributed by atoms with E-state index < -0.39 is 10.0 Å². The quantitative estimate of drug-likeness (QED) is 0.565. The van der Waals surface area contributed by atoms with Gasteiger partial charge in [-0.05, 0) is 31.5 Å². The molecule has 0 fully saturated rings. The van der Waals surface area contributed by atoms with E-state index in [1.807, 2.05) is 53.4 Å². The monoisotopic (exact) mass is 383 g/mol. The number of aryl methyl sites for hydroxylation is 2. The largest absolute Gasteiger partial charge is 0.297 e. The number of para-hydroxylation sites is 1. The number of benzene rings is 2. The van der Waals surface area contributed by atoms with Crippen molar-refractivity contribution in [3.8, 4) is 11.3 Å². The molecular formula is C19H17N3O2S2. The maximum absolute atomic E-state index is 12.9. The van der Waals surface area contributed by atoms with Crippen molar-refractivity contribution in [3.05, 3.63) is 71.4 Å². The molecule has 4 rings (SSSR count). The predicted molar refractivity (Wildman–Crippen MR) is 105 cm³/mol. The maximum atomic E-state index is 12.9. The van der Waals surface area contributed by atoms with Crippen LogP contribution in [0.1, 0.15) is 11.1 Å². The van der Waals surface area contributed by atoms with Crippen LogP contribution in [0, 0.1) is 13.8 Å². The van der Waals surface area contributed by atoms with Gasteiger partial charge >= 0.3 is 0 Å². The van der Waals surface area contributed by atoms with Crippen molar-refractivity contribution in [3.63, 3.8) is 0 Å². The molecule has 1 N–H and O–H groups in total. The molecule has 0 unspecified atom stereocenters. The van der Waals surface area contributed by atoms with Crippen LogP contribution in [0.25, 0.3) is 16.2 Å². The zero-order valence-electron chi connectivity index (χ0n) is 14.3. The number of aromatic nitrogens is 2. The zero-order valence-corrected chi connectivity index (χ0v) is 15.9. The molecule has 2 aromatic carbocycles. The van der Waals surface area contributed by atoms with Gasteiger partial charge in [-0.2, -0.15) is 0 Å². The van der Waals surface area contributed by atoms with Crippen LogP contribution in [-0.2, 0) is 10.0 Å². The van der Waals surface area contributed by atoms with E-state index in [-0.39, 0.29) is 4.90 Å². The topological polar surface area (TPSA) is 63.5 Å². The molecule has 0 saturated heterocycles. The van der Waals surface area contributed by atoms with Crippen molar-refractivity contribution in [2.24, 2.45) is 0 Å². The first-order valence-corrected chi connectivity index (χ1v) is 10.4. The maximum Gasteiger partial charge on any atom is 0.262 e. The second-order valence-electron chi connectivity index (χ2n) is 6.14. The molecule has 2 heterocycles. The Bertz CT molecular complexity index is 1180. The molecule has 0 spiro atoms. The molecule has 26 heavy (non-hydrogen) atoms. The van der Waals surface area contributed by atoms with Gasteiger partial charge in [0, 0.05) is 23.3 Å². The minimum absolute atomic E-state index is 0.281. The van der Waals surface area contributed by atoms with Crippen LogP contribution in [0.4, 0.5) is 5.69 Å². The minimum atomic E-state index is -3.69. The molecule has 0 aliphatic rings. The van der Waals surface area contributed by atoms with Crippen LogP contribution >= 0.6 is 11.3 Å². The Morgan fingerprint density at radius 1 is 1.12 bits per heavy atom. The van der Waals surface area contributed by atoms with E-state index in [2.05, 4.69) is 9.71 Å². The average molecular weight is 383 g/mol. The number of fused-ring (bicyclic) bond motifs is 1. The molecule has 132 valence electrons. The first-order valence-electron chi connectivity index (χ1n) is 8.06. The van der Waals surface area contributed by atoms with E-state index in [0.29, 0.717) is 5.69 Å². The lowest BCUT2D eigenvalue weighted by Crippen LogP contribution is -2.15. The number of imidazole rings is 1. The van der Waals surface area contributed by atoms with Gasteiger partial charge in [0.15, 0.2) is 4.96 Å². The molecule has 0 bridgehead atoms. The van der Waals surface area contributed by atoms with Gasteiger partial charge in [-0.25, -0.2) is 13.4 Å². The summed E-state index contributed by atoms with van der Waals surface area (Å²) in [5, 5.41) is 1.96. The van der Waals surface area contributed by atoms with Crippen LogP contribution in [0.5, 0.6) is 0 Å². The highest BCUT2D eigenvalue weighted by molar-refractivity contribution is 7.92. The third-order valence-corrected chi connectivity index (χ3v) is 6.46. The third-order valence-electron chi connectivity index (χ3n) is 4.16. The number of nitrogens with zero attached hydrogens (tertiary/aromatic N) is 2. The van der Waals surface area contributed by atoms with Crippen molar-refractivity contribution >= 4 is 32.0 Å². The van der Waals surface area contributed by atoms with Gasteiger partial charge in [0.1, 0.15) is 0 Å². The summed E-state index contributed by atoms with van der Waals surface area (Å²) < 4.78 is 30.5. The number of hydrogen-bond donors (Lipinski definition) is 1. The second kappa shape index (κ2) is 6.26. The molecule has 5 nitrogen and oxygen atoms in total. The normalized spacial score (nSPS) is 11.8. The zero-order chi connectivity index (χ0) is 18.3. The highest BCUT2D eigenvalue weighted by Crippen LogP contribution is 2.30. The minimum Gasteiger partial charge on any atom is -0.297 e. The molecule has 0 atom stereocenters. The smallest absolute Gasteiger partial charge is 0.262 e. The van der Waals surface area contributed by atoms with Crippen LogP contribution < -0.4 is 4.72 Å². The number of rotatable bonds is 4. The van der Waals surface area contributed by atoms with Crippen molar-refractivity contribution in [1.82, 2.24) is 9.38 Å². The summed E-state index contributed by atoms with van der Waals surface area (Å²) in [6.07, 6.45) is 3.83. The number of hydrogen-bond acceptors (Lipinski definition) is 4. The Morgan fingerprint density at radius 3 is 2.69 bits per heavy atom. The molecular weight excluding hydrogens is 366 g/mol. The van der Waals surface area contributed by atoms with E-state index in [9.17, 15) is 8.42 Å². The van der Waals surface area contributed by atoms with Gasteiger partial charge in [0.2, 0.25) is 0 Å². The van der Waals surface area contributed by atoms with Crippen LogP contribution in [0.3, 0.4) is 0 Å². The Morgan fingerprint density at radius 2 is 1.92 bits per heavy atom. The van der Waals surface area contributed by atoms with Crippen molar-refractivity contribution in [2.75, 3.05) is 4.72 Å². The SMILES string of the molecule is Cc1ccc(S(=O)(=O)Nc2ccccc2-c2cn3ccsc3n2)c(C)c1. The number of anilines is 1. The molecule has 0 saturated carbocycles. The lowest BCUT2D eigenvalue weighted by Gasteiger charge is -2.13. The summed E-state index contributed by atoms with van der Waals surface area (Å²) in [4.78, 5) is 5.73. The molecule has 0 aliphatic carbocycles. The lowest BCUT2D eigenvalue weighted by atomic mass is 10.1. The molecule has 7 heteroatoms. The van der Waals surface area contributed by atoms with Crippen LogP contribution in [0.15, 0.2) is 65.1 Å². The molecule has 0 amide bonds. The summed E-state index contributed by atoms with van der Waals surface area (Å²) >= 11 is 1.54. The predicted octanol–water partition coefficient (Wildman–Crippen LogP) is 4.48. The van der Waals surface area contributed by atoms with Crippen LogP contribution in [-0.4, -0.2) is 17.8 Å². The average Bonchev–Trinajstić information content (AvgIpc) is 3.16. The summed E-state index contributed by atoms with van der Waals surface area (Å²) in [5.74, 6) is 0. The van der Waals surface area contributed by atoms with Crippen molar-refractivity contribution in [2.45, 2.75) is 18.7 Å². The Kier molecular flexibility index (Phi) is 4.05. The fourth-order valence-electron chi connectivity index (χ4n) is 2.95. The number of sulfonamides is 1. The Hall–Kier alpha value is -2.64. The van der Waals surface area contributed by atoms with Gasteiger partial charge in [-0.3, -0.25) is 9.12 Å². The van der Waals surface area contributed by atoms with Gasteiger partial charge in [-0.1, -0.05) is 35.9 Å². The first kappa shape index (κ1) is 16.8. The van der Waals surface area contributed by atoms with E-state index in [4.69, 9.17) is 0 Å². The van der Waals surface area contributed by atoms with Gasteiger partial charge in [0.05, 0.1) is 16.3 Å². The third kappa shape index (κ3) is 3.00. The summed E-state index contributed by atoms with van der Waals surface area (Å²) in [7, 11) is -3.69. The highest BCUT2D eigenvalue weighted by Gasteiger charge is 2.19. The second-order valence-corrected chi connectivity index (χ2v) is 8.66. The van der Waals surface area contributed by atoms with Crippen molar-refractivity contribution in [1.29, 1.82) is 0 Å². The van der Waals surface area contributed by atoms with E-state index in [1.54, 1.807) is 25.1 Å². The van der Waals surface area contributed by atoms with Gasteiger partial charge < -0.3 is 0 Å². The standard InChI is InChI=1S/C19H17N3O2S2/c1-13-7-8-18(14(2)11-13)26(23,24)21-16-6-4-3-5-15(16)17-12-22-9-10-25-19(22)20-17/h3-12,21H,1-2H3. The molecule has 0 aliphatic heterocycles. The van der Waals surface area contributed by atoms with Crippen molar-refractivity contribution < 1.29 is 8.42 Å². The van der Waals surface area contributed by atoms with E-state index in [1.165, 1.54) is 11.3 Å². The van der Waals surface area contributed by atoms with Gasteiger partial charge in [0.25, 0.3) is 10.0 Å². The fraction of sp³-hybridized carbons (Fsp3) is 0.105. The van der Waals surface area contributed by atoms with E-state index in [0.717, 1.165) is 27.3 Å². The summed E-state index contributed by atoms with van der Waals surface area (Å²) in [5.41, 5.74) is 3.74. The highest BCUT2D eigenvalue weighted by atomic mass is 32.2. The Balaban J connectivity index is 1.76. The molecule has 0 radical (unpaired) electrons.